The number of benzene rings is 1. The Balaban J connectivity index is 2.28. The minimum Gasteiger partial charge on any atom is -0.508 e. The fourth-order valence-electron chi connectivity index (χ4n) is 4.08. The number of carbonyl (C=O) groups is 2. The molecule has 1 unspecified atom stereocenters. The quantitative estimate of drug-likeness (QED) is 0.165. The van der Waals surface area contributed by atoms with Crippen molar-refractivity contribution in [2.45, 2.75) is 78.2 Å². The first-order chi connectivity index (χ1) is 17.3. The first-order valence-electron chi connectivity index (χ1n) is 12.8. The number of hydrogen-bond donors (Lipinski definition) is 2. The number of phenols is 2. The number of allylic oxidation sites excluding steroid dienone is 2. The van der Waals surface area contributed by atoms with Crippen LogP contribution in [0.5, 0.6) is 11.5 Å². The van der Waals surface area contributed by atoms with Crippen LogP contribution in [0.2, 0.25) is 0 Å². The van der Waals surface area contributed by atoms with E-state index in [1.807, 2.05) is 26.8 Å². The van der Waals surface area contributed by atoms with Crippen LogP contribution in [0.1, 0.15) is 81.6 Å². The van der Waals surface area contributed by atoms with Crippen LogP contribution < -0.4 is 0 Å². The van der Waals surface area contributed by atoms with Crippen molar-refractivity contribution in [2.75, 3.05) is 19.7 Å². The summed E-state index contributed by atoms with van der Waals surface area (Å²) in [4.78, 5) is 32.7. The van der Waals surface area contributed by atoms with Crippen LogP contribution in [0.25, 0.3) is 0 Å². The van der Waals surface area contributed by atoms with Gasteiger partial charge in [0.2, 0.25) is 0 Å². The standard InChI is InChI=1S/C28H40N2O6/c1-5-11-24(12-6-2)36-28(34)27-21(17-23(31)18-25(27)32)16-22(15-20(4)7-3)29-35-19-26(33)30-13-9-8-10-14-30/h5,15,17-18,24,31-32H,1,6-14,16,19H2,2-4H3/b20-15+,29-22+. The summed E-state index contributed by atoms with van der Waals surface area (Å²) in [6.45, 7) is 10.9. The van der Waals surface area contributed by atoms with Gasteiger partial charge in [0.05, 0.1) is 5.71 Å². The number of phenolic OH excluding ortho intramolecular Hbond substituents is 2. The number of esters is 1. The molecule has 8 nitrogen and oxygen atoms in total. The maximum absolute atomic E-state index is 13.1. The maximum atomic E-state index is 13.1. The van der Waals surface area contributed by atoms with E-state index in [0.29, 0.717) is 24.1 Å². The summed E-state index contributed by atoms with van der Waals surface area (Å²) >= 11 is 0. The summed E-state index contributed by atoms with van der Waals surface area (Å²) in [5.74, 6) is -1.36. The Morgan fingerprint density at radius 2 is 1.92 bits per heavy atom. The molecule has 0 saturated carbocycles. The minimum absolute atomic E-state index is 0.0300. The van der Waals surface area contributed by atoms with E-state index in [0.717, 1.165) is 56.8 Å². The van der Waals surface area contributed by atoms with E-state index in [4.69, 9.17) is 9.57 Å². The molecule has 1 aromatic carbocycles. The molecule has 1 atom stereocenters. The fraction of sp³-hybridized carbons (Fsp3) is 0.536. The first kappa shape index (κ1) is 28.9. The van der Waals surface area contributed by atoms with E-state index in [9.17, 15) is 19.8 Å². The van der Waals surface area contributed by atoms with Crippen LogP contribution in [0, 0.1) is 0 Å². The van der Waals surface area contributed by atoms with Gasteiger partial charge in [-0.05, 0) is 56.7 Å². The second kappa shape index (κ2) is 15.0. The zero-order valence-electron chi connectivity index (χ0n) is 21.8. The SMILES string of the molecule is C=CCC(CCC)OC(=O)c1c(O)cc(O)cc1CC(/C=C(\C)CC)=N/OCC(=O)N1CCCCC1. The highest BCUT2D eigenvalue weighted by atomic mass is 16.6. The second-order valence-corrected chi connectivity index (χ2v) is 9.16. The molecule has 1 fully saturated rings. The summed E-state index contributed by atoms with van der Waals surface area (Å²) in [7, 11) is 0. The number of nitrogens with zero attached hydrogens (tertiary/aromatic N) is 2. The molecule has 0 bridgehead atoms. The second-order valence-electron chi connectivity index (χ2n) is 9.16. The molecule has 198 valence electrons. The van der Waals surface area contributed by atoms with E-state index >= 15 is 0 Å². The molecule has 1 aromatic rings. The molecule has 0 radical (unpaired) electrons. The van der Waals surface area contributed by atoms with Gasteiger partial charge in [0, 0.05) is 32.0 Å². The fourth-order valence-corrected chi connectivity index (χ4v) is 4.08. The van der Waals surface area contributed by atoms with Gasteiger partial charge in [-0.2, -0.15) is 0 Å². The molecule has 0 aromatic heterocycles. The number of oxime groups is 1. The number of ether oxygens (including phenoxy) is 1. The highest BCUT2D eigenvalue weighted by Crippen LogP contribution is 2.30. The molecule has 1 amide bonds. The van der Waals surface area contributed by atoms with E-state index < -0.39 is 5.97 Å². The lowest BCUT2D eigenvalue weighted by molar-refractivity contribution is -0.137. The molecular formula is C28H40N2O6. The lowest BCUT2D eigenvalue weighted by Gasteiger charge is -2.26. The number of carbonyl (C=O) groups excluding carboxylic acids is 2. The Labute approximate surface area is 214 Å². The Bertz CT molecular complexity index is 963. The lowest BCUT2D eigenvalue weighted by Crippen LogP contribution is -2.37. The van der Waals surface area contributed by atoms with Gasteiger partial charge in [-0.3, -0.25) is 4.79 Å². The molecule has 1 saturated heterocycles. The first-order valence-corrected chi connectivity index (χ1v) is 12.8. The average Bonchev–Trinajstić information content (AvgIpc) is 2.84. The number of rotatable bonds is 13. The third-order valence-corrected chi connectivity index (χ3v) is 6.12. The van der Waals surface area contributed by atoms with Crippen LogP contribution in [-0.4, -0.2) is 58.5 Å². The number of likely N-dealkylation sites (tertiary alicyclic amines) is 1. The van der Waals surface area contributed by atoms with E-state index in [1.165, 1.54) is 6.07 Å². The third-order valence-electron chi connectivity index (χ3n) is 6.12. The summed E-state index contributed by atoms with van der Waals surface area (Å²) < 4.78 is 5.65. The van der Waals surface area contributed by atoms with Crippen molar-refractivity contribution < 1.29 is 29.4 Å². The Morgan fingerprint density at radius 1 is 1.19 bits per heavy atom. The Kier molecular flexibility index (Phi) is 12.0. The Morgan fingerprint density at radius 3 is 2.56 bits per heavy atom. The molecule has 8 heteroatoms. The van der Waals surface area contributed by atoms with Gasteiger partial charge in [-0.15, -0.1) is 6.58 Å². The third kappa shape index (κ3) is 9.06. The van der Waals surface area contributed by atoms with Crippen molar-refractivity contribution in [3.05, 3.63) is 47.6 Å². The largest absolute Gasteiger partial charge is 0.508 e. The van der Waals surface area contributed by atoms with Gasteiger partial charge in [-0.25, -0.2) is 4.79 Å². The molecule has 0 aliphatic carbocycles. The van der Waals surface area contributed by atoms with Gasteiger partial charge in [-0.1, -0.05) is 37.1 Å². The predicted molar refractivity (Wildman–Crippen MR) is 140 cm³/mol. The van der Waals surface area contributed by atoms with E-state index in [2.05, 4.69) is 11.7 Å². The van der Waals surface area contributed by atoms with Crippen molar-refractivity contribution in [3.63, 3.8) is 0 Å². The van der Waals surface area contributed by atoms with Crippen molar-refractivity contribution >= 4 is 17.6 Å². The van der Waals surface area contributed by atoms with E-state index in [1.54, 1.807) is 11.0 Å². The van der Waals surface area contributed by atoms with Gasteiger partial charge in [0.15, 0.2) is 6.61 Å². The number of hydrogen-bond acceptors (Lipinski definition) is 7. The van der Waals surface area contributed by atoms with Crippen molar-refractivity contribution in [1.82, 2.24) is 4.90 Å². The van der Waals surface area contributed by atoms with Crippen LogP contribution >= 0.6 is 0 Å². The van der Waals surface area contributed by atoms with Crippen LogP contribution in [0.15, 0.2) is 41.6 Å². The molecule has 0 spiro atoms. The average molecular weight is 501 g/mol. The zero-order chi connectivity index (χ0) is 26.5. The summed E-state index contributed by atoms with van der Waals surface area (Å²) in [5.41, 5.74) is 1.78. The highest BCUT2D eigenvalue weighted by molar-refractivity contribution is 6.01. The van der Waals surface area contributed by atoms with Gasteiger partial charge in [0.25, 0.3) is 5.91 Å². The summed E-state index contributed by atoms with van der Waals surface area (Å²) in [6.07, 6.45) is 9.10. The van der Waals surface area contributed by atoms with Gasteiger partial charge >= 0.3 is 5.97 Å². The van der Waals surface area contributed by atoms with Gasteiger partial charge < -0.3 is 24.7 Å². The maximum Gasteiger partial charge on any atom is 0.342 e. The molecular weight excluding hydrogens is 460 g/mol. The predicted octanol–water partition coefficient (Wildman–Crippen LogP) is 5.28. The molecule has 2 N–H and O–H groups in total. The van der Waals surface area contributed by atoms with Crippen molar-refractivity contribution in [3.8, 4) is 11.5 Å². The molecule has 36 heavy (non-hydrogen) atoms. The summed E-state index contributed by atoms with van der Waals surface area (Å²) in [6, 6.07) is 2.52. The molecule has 1 aliphatic heterocycles. The molecule has 1 aliphatic rings. The zero-order valence-corrected chi connectivity index (χ0v) is 21.8. The van der Waals surface area contributed by atoms with Crippen molar-refractivity contribution in [2.24, 2.45) is 5.16 Å². The number of piperidine rings is 1. The number of amides is 1. The number of aromatic hydroxyl groups is 2. The monoisotopic (exact) mass is 500 g/mol. The van der Waals surface area contributed by atoms with Gasteiger partial charge in [0.1, 0.15) is 23.2 Å². The highest BCUT2D eigenvalue weighted by Gasteiger charge is 2.23. The van der Waals surface area contributed by atoms with Crippen LogP contribution in [0.4, 0.5) is 0 Å². The van der Waals surface area contributed by atoms with Crippen LogP contribution in [-0.2, 0) is 20.8 Å². The topological polar surface area (TPSA) is 109 Å². The normalized spacial score (nSPS) is 15.4. The Hall–Kier alpha value is -3.29. The lowest BCUT2D eigenvalue weighted by atomic mass is 9.99. The smallest absolute Gasteiger partial charge is 0.342 e. The molecule has 1 heterocycles. The van der Waals surface area contributed by atoms with E-state index in [-0.39, 0.29) is 42.1 Å². The minimum atomic E-state index is -0.681. The molecule has 2 rings (SSSR count). The van der Waals surface area contributed by atoms with Crippen LogP contribution in [0.3, 0.4) is 0 Å². The summed E-state index contributed by atoms with van der Waals surface area (Å²) in [5, 5.41) is 24.8. The van der Waals surface area contributed by atoms with Crippen molar-refractivity contribution in [1.29, 1.82) is 0 Å².